The van der Waals surface area contributed by atoms with Crippen LogP contribution >= 0.6 is 10.7 Å². The van der Waals surface area contributed by atoms with E-state index >= 15 is 0 Å². The number of rotatable bonds is 4. The fourth-order valence-corrected chi connectivity index (χ4v) is 4.29. The second kappa shape index (κ2) is 4.20. The first-order chi connectivity index (χ1) is 8.54. The highest BCUT2D eigenvalue weighted by molar-refractivity contribution is 8.13. The van der Waals surface area contributed by atoms with Crippen molar-refractivity contribution in [2.75, 3.05) is 0 Å². The Balaban J connectivity index is 1.98. The van der Waals surface area contributed by atoms with Gasteiger partial charge in [-0.1, -0.05) is 13.3 Å². The first kappa shape index (κ1) is 12.4. The van der Waals surface area contributed by atoms with Crippen molar-refractivity contribution in [2.24, 2.45) is 11.8 Å². The van der Waals surface area contributed by atoms with Gasteiger partial charge in [0.05, 0.1) is 0 Å². The number of hydrogen-bond acceptors (Lipinski definition) is 4. The normalized spacial score (nSPS) is 30.4. The van der Waals surface area contributed by atoms with Gasteiger partial charge < -0.3 is 4.57 Å². The predicted octanol–water partition coefficient (Wildman–Crippen LogP) is 2.13. The molecule has 2 aliphatic rings. The zero-order valence-electron chi connectivity index (χ0n) is 10.2. The molecule has 7 heteroatoms. The van der Waals surface area contributed by atoms with Crippen LogP contribution in [0.15, 0.2) is 5.16 Å². The minimum absolute atomic E-state index is 0.0917. The Morgan fingerprint density at radius 1 is 1.33 bits per heavy atom. The highest BCUT2D eigenvalue weighted by atomic mass is 35.7. The highest BCUT2D eigenvalue weighted by Gasteiger charge is 2.55. The second-order valence-corrected chi connectivity index (χ2v) is 7.67. The third-order valence-corrected chi connectivity index (χ3v) is 5.27. The van der Waals surface area contributed by atoms with Gasteiger partial charge in [0.15, 0.2) is 0 Å². The SMILES string of the molecule is CCCn1c(C2C3CCCC32)nnc1S(=O)(=O)Cl. The maximum atomic E-state index is 11.5. The van der Waals surface area contributed by atoms with Crippen molar-refractivity contribution in [1.29, 1.82) is 0 Å². The molecule has 3 rings (SSSR count). The molecule has 0 radical (unpaired) electrons. The molecule has 0 N–H and O–H groups in total. The summed E-state index contributed by atoms with van der Waals surface area (Å²) in [5.41, 5.74) is 0. The summed E-state index contributed by atoms with van der Waals surface area (Å²) in [5.74, 6) is 2.61. The van der Waals surface area contributed by atoms with Crippen LogP contribution in [0.2, 0.25) is 0 Å². The second-order valence-electron chi connectivity index (χ2n) is 5.21. The molecule has 1 aromatic rings. The average molecular weight is 290 g/mol. The first-order valence-electron chi connectivity index (χ1n) is 6.41. The molecular formula is C11H16ClN3O2S. The Morgan fingerprint density at radius 3 is 2.56 bits per heavy atom. The van der Waals surface area contributed by atoms with Crippen molar-refractivity contribution in [1.82, 2.24) is 14.8 Å². The Hall–Kier alpha value is -0.620. The lowest BCUT2D eigenvalue weighted by atomic mass is 10.1. The maximum Gasteiger partial charge on any atom is 0.296 e. The summed E-state index contributed by atoms with van der Waals surface area (Å²) in [5, 5.41) is 7.79. The zero-order valence-corrected chi connectivity index (χ0v) is 11.8. The molecule has 2 atom stereocenters. The molecule has 2 unspecified atom stereocenters. The smallest absolute Gasteiger partial charge is 0.296 e. The molecule has 1 heterocycles. The molecule has 0 aliphatic heterocycles. The van der Waals surface area contributed by atoms with E-state index in [-0.39, 0.29) is 5.16 Å². The number of fused-ring (bicyclic) bond motifs is 1. The maximum absolute atomic E-state index is 11.5. The molecule has 1 aromatic heterocycles. The Kier molecular flexibility index (Phi) is 2.90. The Morgan fingerprint density at radius 2 is 2.00 bits per heavy atom. The van der Waals surface area contributed by atoms with E-state index in [1.807, 2.05) is 6.92 Å². The van der Waals surface area contributed by atoms with E-state index in [1.165, 1.54) is 19.3 Å². The molecule has 0 spiro atoms. The van der Waals surface area contributed by atoms with Crippen LogP contribution in [0.1, 0.15) is 44.3 Å². The van der Waals surface area contributed by atoms with Gasteiger partial charge in [-0.25, -0.2) is 8.42 Å². The van der Waals surface area contributed by atoms with E-state index in [1.54, 1.807) is 4.57 Å². The van der Waals surface area contributed by atoms with Crippen LogP contribution in [0.3, 0.4) is 0 Å². The number of nitrogens with zero attached hydrogens (tertiary/aromatic N) is 3. The molecule has 0 saturated heterocycles. The molecule has 5 nitrogen and oxygen atoms in total. The van der Waals surface area contributed by atoms with Gasteiger partial charge in [0.25, 0.3) is 14.2 Å². The monoisotopic (exact) mass is 289 g/mol. The van der Waals surface area contributed by atoms with E-state index in [4.69, 9.17) is 10.7 Å². The van der Waals surface area contributed by atoms with Crippen molar-refractivity contribution >= 4 is 19.7 Å². The van der Waals surface area contributed by atoms with E-state index in [0.717, 1.165) is 12.2 Å². The van der Waals surface area contributed by atoms with E-state index in [2.05, 4.69) is 10.2 Å². The van der Waals surface area contributed by atoms with Gasteiger partial charge in [-0.15, -0.1) is 10.2 Å². The van der Waals surface area contributed by atoms with Crippen molar-refractivity contribution in [2.45, 2.75) is 50.2 Å². The Bertz CT molecular complexity index is 559. The lowest BCUT2D eigenvalue weighted by molar-refractivity contribution is 0.542. The van der Waals surface area contributed by atoms with Gasteiger partial charge in [0, 0.05) is 23.1 Å². The summed E-state index contributed by atoms with van der Waals surface area (Å²) in [4.78, 5) is 0. The van der Waals surface area contributed by atoms with Crippen molar-refractivity contribution in [3.63, 3.8) is 0 Å². The summed E-state index contributed by atoms with van der Waals surface area (Å²) in [6.07, 6.45) is 4.59. The van der Waals surface area contributed by atoms with Gasteiger partial charge >= 0.3 is 0 Å². The predicted molar refractivity (Wildman–Crippen MR) is 66.9 cm³/mol. The summed E-state index contributed by atoms with van der Waals surface area (Å²) in [6, 6.07) is 0. The largest absolute Gasteiger partial charge is 0.301 e. The van der Waals surface area contributed by atoms with Gasteiger partial charge in [0.2, 0.25) is 0 Å². The third-order valence-electron chi connectivity index (χ3n) is 4.12. The minimum atomic E-state index is -3.80. The fourth-order valence-electron chi connectivity index (χ4n) is 3.37. The van der Waals surface area contributed by atoms with Gasteiger partial charge in [-0.3, -0.25) is 0 Å². The van der Waals surface area contributed by atoms with Gasteiger partial charge in [-0.2, -0.15) is 0 Å². The third kappa shape index (κ3) is 1.86. The summed E-state index contributed by atoms with van der Waals surface area (Å²) < 4.78 is 24.6. The molecule has 2 fully saturated rings. The van der Waals surface area contributed by atoms with E-state index in [9.17, 15) is 8.42 Å². The average Bonchev–Trinajstić information content (AvgIpc) is 2.69. The quantitative estimate of drug-likeness (QED) is 0.797. The summed E-state index contributed by atoms with van der Waals surface area (Å²) in [7, 11) is 1.60. The summed E-state index contributed by atoms with van der Waals surface area (Å²) >= 11 is 0. The van der Waals surface area contributed by atoms with Crippen LogP contribution in [-0.4, -0.2) is 23.2 Å². The molecule has 0 aromatic carbocycles. The van der Waals surface area contributed by atoms with Gasteiger partial charge in [0.1, 0.15) is 5.82 Å². The van der Waals surface area contributed by atoms with Crippen LogP contribution in [0.4, 0.5) is 0 Å². The standard InChI is InChI=1S/C11H16ClN3O2S/c1-2-6-15-10(9-7-4-3-5-8(7)9)13-14-11(15)18(12,16)17/h7-9H,2-6H2,1H3. The minimum Gasteiger partial charge on any atom is -0.301 e. The van der Waals surface area contributed by atoms with Crippen molar-refractivity contribution in [3.8, 4) is 0 Å². The summed E-state index contributed by atoms with van der Waals surface area (Å²) in [6.45, 7) is 2.61. The zero-order chi connectivity index (χ0) is 12.9. The Labute approximate surface area is 111 Å². The first-order valence-corrected chi connectivity index (χ1v) is 8.72. The van der Waals surface area contributed by atoms with Crippen LogP contribution in [0.25, 0.3) is 0 Å². The highest BCUT2D eigenvalue weighted by Crippen LogP contribution is 2.62. The molecule has 2 saturated carbocycles. The van der Waals surface area contributed by atoms with Crippen LogP contribution in [0, 0.1) is 11.8 Å². The lowest BCUT2D eigenvalue weighted by Crippen LogP contribution is -2.10. The van der Waals surface area contributed by atoms with Crippen molar-refractivity contribution in [3.05, 3.63) is 5.82 Å². The lowest BCUT2D eigenvalue weighted by Gasteiger charge is -2.08. The number of aromatic nitrogens is 3. The van der Waals surface area contributed by atoms with Crippen LogP contribution in [0.5, 0.6) is 0 Å². The number of hydrogen-bond donors (Lipinski definition) is 0. The molecule has 2 aliphatic carbocycles. The molecule has 100 valence electrons. The molecule has 0 bridgehead atoms. The molecule has 0 amide bonds. The van der Waals surface area contributed by atoms with Gasteiger partial charge in [-0.05, 0) is 31.1 Å². The van der Waals surface area contributed by atoms with Crippen molar-refractivity contribution < 1.29 is 8.42 Å². The number of halogens is 1. The molecular weight excluding hydrogens is 274 g/mol. The van der Waals surface area contributed by atoms with E-state index in [0.29, 0.717) is 24.3 Å². The van der Waals surface area contributed by atoms with Crippen LogP contribution < -0.4 is 0 Å². The van der Waals surface area contributed by atoms with E-state index < -0.39 is 9.05 Å². The molecule has 18 heavy (non-hydrogen) atoms. The topological polar surface area (TPSA) is 64.8 Å². The van der Waals surface area contributed by atoms with Crippen LogP contribution in [-0.2, 0) is 15.6 Å². The fraction of sp³-hybridized carbons (Fsp3) is 0.818.